The molecule has 2 aromatic carbocycles. The summed E-state index contributed by atoms with van der Waals surface area (Å²) in [5, 5.41) is 0. The molecule has 5 nitrogen and oxygen atoms in total. The maximum absolute atomic E-state index is 13.8. The summed E-state index contributed by atoms with van der Waals surface area (Å²) in [6.45, 7) is 5.56. The largest absolute Gasteiger partial charge is 0.488 e. The van der Waals surface area contributed by atoms with Gasteiger partial charge in [-0.05, 0) is 31.2 Å². The summed E-state index contributed by atoms with van der Waals surface area (Å²) in [5.41, 5.74) is 1.19. The van der Waals surface area contributed by atoms with Crippen LogP contribution in [0.2, 0.25) is 0 Å². The number of halogens is 1. The Hall–Kier alpha value is -1.96. The number of ether oxygens (including phenoxy) is 1. The molecule has 1 heterocycles. The molecule has 0 radical (unpaired) electrons. The minimum atomic E-state index is -3.77. The minimum Gasteiger partial charge on any atom is -0.488 e. The lowest BCUT2D eigenvalue weighted by Crippen LogP contribution is -3.15. The molecule has 0 atom stereocenters. The Morgan fingerprint density at radius 2 is 1.73 bits per heavy atom. The average molecular weight is 379 g/mol. The van der Waals surface area contributed by atoms with Crippen LogP contribution in [0.15, 0.2) is 53.4 Å². The molecule has 7 heteroatoms. The van der Waals surface area contributed by atoms with E-state index in [4.69, 9.17) is 4.74 Å². The number of rotatable bonds is 6. The van der Waals surface area contributed by atoms with Gasteiger partial charge in [0.05, 0.1) is 26.2 Å². The van der Waals surface area contributed by atoms with Crippen molar-refractivity contribution in [3.8, 4) is 5.75 Å². The zero-order valence-electron chi connectivity index (χ0n) is 14.8. The first kappa shape index (κ1) is 18.8. The molecule has 26 heavy (non-hydrogen) atoms. The smallest absolute Gasteiger partial charge is 0.246 e. The van der Waals surface area contributed by atoms with E-state index in [-0.39, 0.29) is 4.90 Å². The van der Waals surface area contributed by atoms with Gasteiger partial charge in [-0.25, -0.2) is 12.8 Å². The third kappa shape index (κ3) is 4.41. The maximum atomic E-state index is 13.8. The summed E-state index contributed by atoms with van der Waals surface area (Å²) in [7, 11) is -3.77. The molecule has 2 aromatic rings. The van der Waals surface area contributed by atoms with Crippen molar-refractivity contribution in [3.63, 3.8) is 0 Å². The van der Waals surface area contributed by atoms with Crippen molar-refractivity contribution >= 4 is 10.0 Å². The zero-order valence-corrected chi connectivity index (χ0v) is 15.6. The number of nitrogens with zero attached hydrogens (tertiary/aromatic N) is 1. The summed E-state index contributed by atoms with van der Waals surface area (Å²) < 4.78 is 46.1. The van der Waals surface area contributed by atoms with Crippen LogP contribution in [0, 0.1) is 12.7 Å². The Balaban J connectivity index is 1.49. The van der Waals surface area contributed by atoms with Crippen molar-refractivity contribution < 1.29 is 22.4 Å². The fourth-order valence-electron chi connectivity index (χ4n) is 3.03. The number of quaternary nitrogens is 1. The van der Waals surface area contributed by atoms with Crippen LogP contribution in [0.1, 0.15) is 5.56 Å². The van der Waals surface area contributed by atoms with Crippen LogP contribution in [0.25, 0.3) is 0 Å². The zero-order chi connectivity index (χ0) is 18.6. The van der Waals surface area contributed by atoms with Crippen molar-refractivity contribution in [2.24, 2.45) is 0 Å². The average Bonchev–Trinajstić information content (AvgIpc) is 2.64. The molecular formula is C19H24FN2O3S+. The number of hydrogen-bond acceptors (Lipinski definition) is 3. The van der Waals surface area contributed by atoms with Crippen LogP contribution >= 0.6 is 0 Å². The normalized spacial score (nSPS) is 16.5. The first-order valence-electron chi connectivity index (χ1n) is 8.74. The molecule has 1 aliphatic heterocycles. The van der Waals surface area contributed by atoms with E-state index in [1.54, 1.807) is 6.07 Å². The summed E-state index contributed by atoms with van der Waals surface area (Å²) in [6, 6.07) is 13.4. The molecule has 0 bridgehead atoms. The van der Waals surface area contributed by atoms with E-state index in [0.29, 0.717) is 32.8 Å². The fraction of sp³-hybridized carbons (Fsp3) is 0.368. The van der Waals surface area contributed by atoms with E-state index in [9.17, 15) is 12.8 Å². The molecule has 3 rings (SSSR count). The number of aryl methyl sites for hydroxylation is 1. The highest BCUT2D eigenvalue weighted by Crippen LogP contribution is 2.18. The summed E-state index contributed by atoms with van der Waals surface area (Å²) in [5.74, 6) is 0.143. The molecule has 0 saturated carbocycles. The molecule has 1 N–H and O–H groups in total. The standard InChI is InChI=1S/C19H23FN2O3S/c1-16-6-8-17(9-7-16)25-15-14-21-10-12-22(13-11-21)26(23,24)19-5-3-2-4-18(19)20/h2-9H,10-15H2,1H3/p+1. The Morgan fingerprint density at radius 1 is 1.08 bits per heavy atom. The molecule has 1 aliphatic rings. The SMILES string of the molecule is Cc1ccc(OCC[NH+]2CCN(S(=O)(=O)c3ccccc3F)CC2)cc1. The van der Waals surface area contributed by atoms with Crippen LogP contribution in [-0.4, -0.2) is 52.1 Å². The van der Waals surface area contributed by atoms with E-state index in [1.807, 2.05) is 31.2 Å². The number of nitrogens with one attached hydrogen (secondary N) is 1. The van der Waals surface area contributed by atoms with Crippen molar-refractivity contribution in [1.29, 1.82) is 0 Å². The Bertz CT molecular complexity index is 832. The quantitative estimate of drug-likeness (QED) is 0.818. The van der Waals surface area contributed by atoms with Crippen molar-refractivity contribution in [3.05, 3.63) is 59.9 Å². The van der Waals surface area contributed by atoms with Gasteiger partial charge < -0.3 is 9.64 Å². The monoisotopic (exact) mass is 379 g/mol. The van der Waals surface area contributed by atoms with E-state index >= 15 is 0 Å². The van der Waals surface area contributed by atoms with E-state index in [1.165, 1.54) is 33.0 Å². The lowest BCUT2D eigenvalue weighted by molar-refractivity contribution is -0.903. The van der Waals surface area contributed by atoms with Gasteiger partial charge in [-0.15, -0.1) is 0 Å². The molecular weight excluding hydrogens is 355 g/mol. The summed E-state index contributed by atoms with van der Waals surface area (Å²) in [6.07, 6.45) is 0. The van der Waals surface area contributed by atoms with Crippen LogP contribution in [-0.2, 0) is 10.0 Å². The van der Waals surface area contributed by atoms with Crippen molar-refractivity contribution in [2.45, 2.75) is 11.8 Å². The first-order chi connectivity index (χ1) is 12.5. The fourth-order valence-corrected chi connectivity index (χ4v) is 4.54. The highest BCUT2D eigenvalue weighted by Gasteiger charge is 2.31. The molecule has 1 fully saturated rings. The van der Waals surface area contributed by atoms with Crippen LogP contribution in [0.5, 0.6) is 5.75 Å². The minimum absolute atomic E-state index is 0.244. The molecule has 1 saturated heterocycles. The van der Waals surface area contributed by atoms with Crippen LogP contribution < -0.4 is 9.64 Å². The molecule has 0 amide bonds. The number of benzene rings is 2. The number of piperazine rings is 1. The van der Waals surface area contributed by atoms with Gasteiger partial charge in [0.2, 0.25) is 10.0 Å². The molecule has 0 aromatic heterocycles. The predicted octanol–water partition coefficient (Wildman–Crippen LogP) is 1.10. The highest BCUT2D eigenvalue weighted by atomic mass is 32.2. The van der Waals surface area contributed by atoms with Crippen LogP contribution in [0.4, 0.5) is 4.39 Å². The van der Waals surface area contributed by atoms with Gasteiger partial charge in [0.15, 0.2) is 0 Å². The third-order valence-corrected chi connectivity index (χ3v) is 6.56. The highest BCUT2D eigenvalue weighted by molar-refractivity contribution is 7.89. The van der Waals surface area contributed by atoms with Crippen molar-refractivity contribution in [2.75, 3.05) is 39.3 Å². The lowest BCUT2D eigenvalue weighted by Gasteiger charge is -2.31. The van der Waals surface area contributed by atoms with Gasteiger partial charge in [0.1, 0.15) is 29.6 Å². The first-order valence-corrected chi connectivity index (χ1v) is 10.2. The van der Waals surface area contributed by atoms with Crippen molar-refractivity contribution in [1.82, 2.24) is 4.31 Å². The Labute approximate surface area is 154 Å². The van der Waals surface area contributed by atoms with E-state index in [0.717, 1.165) is 12.3 Å². The summed E-state index contributed by atoms with van der Waals surface area (Å²) >= 11 is 0. The second-order valence-corrected chi connectivity index (χ2v) is 8.40. The molecule has 0 unspecified atom stereocenters. The maximum Gasteiger partial charge on any atom is 0.246 e. The van der Waals surface area contributed by atoms with Gasteiger partial charge in [0.25, 0.3) is 0 Å². The lowest BCUT2D eigenvalue weighted by atomic mass is 10.2. The Morgan fingerprint density at radius 3 is 2.38 bits per heavy atom. The van der Waals surface area contributed by atoms with Crippen LogP contribution in [0.3, 0.4) is 0 Å². The van der Waals surface area contributed by atoms with Gasteiger partial charge in [-0.1, -0.05) is 29.8 Å². The van der Waals surface area contributed by atoms with E-state index in [2.05, 4.69) is 0 Å². The number of sulfonamides is 1. The summed E-state index contributed by atoms with van der Waals surface area (Å²) in [4.78, 5) is 1.04. The van der Waals surface area contributed by atoms with Gasteiger partial charge in [-0.2, -0.15) is 4.31 Å². The molecule has 140 valence electrons. The Kier molecular flexibility index (Phi) is 5.90. The second-order valence-electron chi connectivity index (χ2n) is 6.50. The molecule has 0 aliphatic carbocycles. The van der Waals surface area contributed by atoms with Gasteiger partial charge >= 0.3 is 0 Å². The predicted molar refractivity (Wildman–Crippen MR) is 97.4 cm³/mol. The molecule has 0 spiro atoms. The van der Waals surface area contributed by atoms with E-state index < -0.39 is 15.8 Å². The van der Waals surface area contributed by atoms with Gasteiger partial charge in [0, 0.05) is 0 Å². The third-order valence-electron chi connectivity index (χ3n) is 4.63. The topological polar surface area (TPSA) is 51.1 Å². The second kappa shape index (κ2) is 8.16. The van der Waals surface area contributed by atoms with Gasteiger partial charge in [-0.3, -0.25) is 0 Å². The number of hydrogen-bond donors (Lipinski definition) is 1.